The average Bonchev–Trinajstić information content (AvgIpc) is 3.32. The first-order valence-corrected chi connectivity index (χ1v) is 8.52. The molecule has 1 saturated heterocycles. The van der Waals surface area contributed by atoms with Gasteiger partial charge in [-0.05, 0) is 81.8 Å². The van der Waals surface area contributed by atoms with E-state index in [-0.39, 0.29) is 17.9 Å². The van der Waals surface area contributed by atoms with Crippen molar-refractivity contribution < 1.29 is 10.2 Å². The summed E-state index contributed by atoms with van der Waals surface area (Å²) in [5.41, 5.74) is 1.17. The number of rotatable bonds is 7. The topological polar surface area (TPSA) is 56.0 Å². The second-order valence-corrected chi connectivity index (χ2v) is 6.55. The first-order valence-electron chi connectivity index (χ1n) is 8.52. The quantitative estimate of drug-likeness (QED) is 0.827. The van der Waals surface area contributed by atoms with Gasteiger partial charge in [-0.15, -0.1) is 12.4 Å². The number of piperidine rings is 1. The predicted molar refractivity (Wildman–Crippen MR) is 98.9 cm³/mol. The van der Waals surface area contributed by atoms with Crippen molar-refractivity contribution >= 4 is 18.1 Å². The smallest absolute Gasteiger partial charge is 0.119 e. The van der Waals surface area contributed by atoms with E-state index >= 15 is 0 Å². The van der Waals surface area contributed by atoms with E-state index in [0.29, 0.717) is 0 Å². The molecule has 0 bridgehead atoms. The fourth-order valence-corrected chi connectivity index (χ4v) is 3.09. The highest BCUT2D eigenvalue weighted by molar-refractivity contribution is 5.85. The van der Waals surface area contributed by atoms with Gasteiger partial charge in [0.2, 0.25) is 0 Å². The molecule has 0 radical (unpaired) electrons. The SMILES string of the molecule is CCNc1ccc(OCC2CCN(CC3CC3)CC2)cc1.Cl.O. The molecule has 0 aromatic heterocycles. The summed E-state index contributed by atoms with van der Waals surface area (Å²) < 4.78 is 5.96. The number of nitrogens with zero attached hydrogens (tertiary/aromatic N) is 1. The number of nitrogens with one attached hydrogen (secondary N) is 1. The second kappa shape index (κ2) is 10.0. The Bertz CT molecular complexity index is 429. The van der Waals surface area contributed by atoms with Crippen molar-refractivity contribution in [3.63, 3.8) is 0 Å². The number of anilines is 1. The fourth-order valence-electron chi connectivity index (χ4n) is 3.09. The predicted octanol–water partition coefficient (Wildman–Crippen LogP) is 3.22. The van der Waals surface area contributed by atoms with Crippen LogP contribution in [0.4, 0.5) is 5.69 Å². The summed E-state index contributed by atoms with van der Waals surface area (Å²) in [7, 11) is 0. The molecule has 0 amide bonds. The molecule has 132 valence electrons. The van der Waals surface area contributed by atoms with E-state index in [1.807, 2.05) is 0 Å². The second-order valence-electron chi connectivity index (χ2n) is 6.55. The maximum atomic E-state index is 5.96. The lowest BCUT2D eigenvalue weighted by Gasteiger charge is -2.31. The van der Waals surface area contributed by atoms with Crippen LogP contribution in [-0.2, 0) is 0 Å². The van der Waals surface area contributed by atoms with Gasteiger partial charge in [0.25, 0.3) is 0 Å². The Balaban J connectivity index is 0.00000132. The number of hydrogen-bond donors (Lipinski definition) is 1. The molecule has 23 heavy (non-hydrogen) atoms. The van der Waals surface area contributed by atoms with Crippen LogP contribution in [0.3, 0.4) is 0 Å². The van der Waals surface area contributed by atoms with Gasteiger partial charge in [0.05, 0.1) is 6.61 Å². The molecular weight excluding hydrogens is 312 g/mol. The van der Waals surface area contributed by atoms with Crippen LogP contribution in [0.15, 0.2) is 24.3 Å². The molecule has 1 saturated carbocycles. The molecule has 1 aromatic rings. The van der Waals surface area contributed by atoms with E-state index < -0.39 is 0 Å². The van der Waals surface area contributed by atoms with Gasteiger partial charge >= 0.3 is 0 Å². The van der Waals surface area contributed by atoms with Crippen molar-refractivity contribution in [1.29, 1.82) is 0 Å². The summed E-state index contributed by atoms with van der Waals surface area (Å²) >= 11 is 0. The lowest BCUT2D eigenvalue weighted by Crippen LogP contribution is -2.36. The van der Waals surface area contributed by atoms with Crippen molar-refractivity contribution in [3.8, 4) is 5.75 Å². The number of likely N-dealkylation sites (tertiary alicyclic amines) is 1. The monoisotopic (exact) mass is 342 g/mol. The van der Waals surface area contributed by atoms with Crippen LogP contribution in [0.25, 0.3) is 0 Å². The van der Waals surface area contributed by atoms with Crippen LogP contribution < -0.4 is 10.1 Å². The molecule has 1 heterocycles. The van der Waals surface area contributed by atoms with Crippen LogP contribution in [0, 0.1) is 11.8 Å². The summed E-state index contributed by atoms with van der Waals surface area (Å²) in [6.45, 7) is 7.82. The molecule has 1 aliphatic carbocycles. The lowest BCUT2D eigenvalue weighted by atomic mass is 9.97. The van der Waals surface area contributed by atoms with Gasteiger partial charge in [-0.25, -0.2) is 0 Å². The number of halogens is 1. The van der Waals surface area contributed by atoms with Crippen molar-refractivity contribution in [2.45, 2.75) is 32.6 Å². The van der Waals surface area contributed by atoms with Crippen molar-refractivity contribution in [2.24, 2.45) is 11.8 Å². The Hall–Kier alpha value is -0.970. The number of ether oxygens (including phenoxy) is 1. The zero-order chi connectivity index (χ0) is 14.5. The Labute approximate surface area is 146 Å². The molecule has 2 fully saturated rings. The van der Waals surface area contributed by atoms with E-state index in [9.17, 15) is 0 Å². The molecule has 0 unspecified atom stereocenters. The molecule has 5 heteroatoms. The average molecular weight is 343 g/mol. The maximum absolute atomic E-state index is 5.96. The zero-order valence-corrected chi connectivity index (χ0v) is 14.9. The third-order valence-corrected chi connectivity index (χ3v) is 4.64. The van der Waals surface area contributed by atoms with Crippen LogP contribution in [0.5, 0.6) is 5.75 Å². The zero-order valence-electron chi connectivity index (χ0n) is 14.1. The van der Waals surface area contributed by atoms with Crippen molar-refractivity contribution in [1.82, 2.24) is 4.90 Å². The van der Waals surface area contributed by atoms with Crippen LogP contribution >= 0.6 is 12.4 Å². The summed E-state index contributed by atoms with van der Waals surface area (Å²) in [5, 5.41) is 3.30. The molecule has 0 spiro atoms. The van der Waals surface area contributed by atoms with E-state index in [0.717, 1.165) is 30.7 Å². The highest BCUT2D eigenvalue weighted by atomic mass is 35.5. The van der Waals surface area contributed by atoms with Gasteiger partial charge in [0, 0.05) is 18.8 Å². The number of hydrogen-bond acceptors (Lipinski definition) is 3. The summed E-state index contributed by atoms with van der Waals surface area (Å²) in [4.78, 5) is 2.65. The minimum absolute atomic E-state index is 0. The van der Waals surface area contributed by atoms with Crippen molar-refractivity contribution in [2.75, 3.05) is 38.1 Å². The molecule has 0 atom stereocenters. The Morgan fingerprint density at radius 2 is 1.70 bits per heavy atom. The summed E-state index contributed by atoms with van der Waals surface area (Å²) in [6.07, 6.45) is 5.52. The van der Waals surface area contributed by atoms with E-state index in [4.69, 9.17) is 4.74 Å². The minimum atomic E-state index is 0. The molecule has 2 aliphatic rings. The van der Waals surface area contributed by atoms with Gasteiger partial charge in [0.1, 0.15) is 5.75 Å². The maximum Gasteiger partial charge on any atom is 0.119 e. The van der Waals surface area contributed by atoms with Gasteiger partial charge in [-0.1, -0.05) is 0 Å². The summed E-state index contributed by atoms with van der Waals surface area (Å²) in [5.74, 6) is 2.75. The third-order valence-electron chi connectivity index (χ3n) is 4.64. The molecule has 3 N–H and O–H groups in total. The van der Waals surface area contributed by atoms with Gasteiger partial charge in [-0.3, -0.25) is 0 Å². The van der Waals surface area contributed by atoms with Gasteiger partial charge in [0.15, 0.2) is 0 Å². The van der Waals surface area contributed by atoms with E-state index in [1.54, 1.807) is 0 Å². The first kappa shape index (κ1) is 20.1. The fraction of sp³-hybridized carbons (Fsp3) is 0.667. The van der Waals surface area contributed by atoms with Gasteiger partial charge in [-0.2, -0.15) is 0 Å². The molecule has 1 aromatic carbocycles. The van der Waals surface area contributed by atoms with Gasteiger partial charge < -0.3 is 20.4 Å². The van der Waals surface area contributed by atoms with E-state index in [1.165, 1.54) is 51.0 Å². The first-order chi connectivity index (χ1) is 10.3. The lowest BCUT2D eigenvalue weighted by molar-refractivity contribution is 0.138. The molecule has 3 rings (SSSR count). The number of benzene rings is 1. The minimum Gasteiger partial charge on any atom is -0.493 e. The standard InChI is InChI=1S/C18H28N2O.ClH.H2O/c1-2-19-17-5-7-18(8-6-17)21-14-16-9-11-20(12-10-16)13-15-3-4-15;;/h5-8,15-16,19H,2-4,9-14H2,1H3;1H;1H2. The highest BCUT2D eigenvalue weighted by Crippen LogP contribution is 2.31. The highest BCUT2D eigenvalue weighted by Gasteiger charge is 2.27. The Morgan fingerprint density at radius 3 is 2.26 bits per heavy atom. The molecular formula is C18H31ClN2O2. The van der Waals surface area contributed by atoms with Crippen molar-refractivity contribution in [3.05, 3.63) is 24.3 Å². The Morgan fingerprint density at radius 1 is 1.04 bits per heavy atom. The molecule has 4 nitrogen and oxygen atoms in total. The molecule has 1 aliphatic heterocycles. The summed E-state index contributed by atoms with van der Waals surface area (Å²) in [6, 6.07) is 8.33. The normalized spacial score (nSPS) is 18.7. The van der Waals surface area contributed by atoms with Crippen LogP contribution in [-0.4, -0.2) is 43.2 Å². The van der Waals surface area contributed by atoms with Crippen LogP contribution in [0.2, 0.25) is 0 Å². The third kappa shape index (κ3) is 6.58. The van der Waals surface area contributed by atoms with Crippen LogP contribution in [0.1, 0.15) is 32.6 Å². The Kier molecular flexibility index (Phi) is 8.74. The largest absolute Gasteiger partial charge is 0.493 e. The van der Waals surface area contributed by atoms with E-state index in [2.05, 4.69) is 41.4 Å².